The third-order valence-electron chi connectivity index (χ3n) is 4.98. The molecular formula is C21H32ClN5O2. The number of ether oxygens (including phenoxy) is 1. The van der Waals surface area contributed by atoms with Crippen LogP contribution in [-0.4, -0.2) is 79.6 Å². The Morgan fingerprint density at radius 2 is 2.00 bits per heavy atom. The number of benzene rings is 1. The van der Waals surface area contributed by atoms with E-state index >= 15 is 0 Å². The minimum atomic E-state index is -0.0871. The third-order valence-corrected chi connectivity index (χ3v) is 5.29. The molecule has 2 fully saturated rings. The summed E-state index contributed by atoms with van der Waals surface area (Å²) in [7, 11) is 0. The maximum absolute atomic E-state index is 12.0. The normalized spacial score (nSPS) is 19.0. The van der Waals surface area contributed by atoms with Crippen molar-refractivity contribution in [3.05, 3.63) is 29.3 Å². The first-order valence-corrected chi connectivity index (χ1v) is 10.9. The Bertz CT molecular complexity index is 702. The molecule has 160 valence electrons. The van der Waals surface area contributed by atoms with E-state index in [4.69, 9.17) is 21.3 Å². The predicted molar refractivity (Wildman–Crippen MR) is 117 cm³/mol. The summed E-state index contributed by atoms with van der Waals surface area (Å²) in [5.41, 5.74) is 0. The number of nitrogens with zero attached hydrogens (tertiary/aromatic N) is 3. The quantitative estimate of drug-likeness (QED) is 0.496. The van der Waals surface area contributed by atoms with Crippen LogP contribution in [0.5, 0.6) is 5.75 Å². The van der Waals surface area contributed by atoms with E-state index in [-0.39, 0.29) is 12.0 Å². The molecule has 1 aliphatic heterocycles. The Balaban J connectivity index is 1.47. The van der Waals surface area contributed by atoms with E-state index in [2.05, 4.69) is 27.4 Å². The number of hydrogen-bond acceptors (Lipinski definition) is 4. The van der Waals surface area contributed by atoms with Crippen LogP contribution in [0.2, 0.25) is 5.02 Å². The maximum Gasteiger partial charge on any atom is 0.234 e. The van der Waals surface area contributed by atoms with Crippen LogP contribution in [0.15, 0.2) is 29.3 Å². The Morgan fingerprint density at radius 1 is 1.28 bits per heavy atom. The number of para-hydroxylation sites is 1. The van der Waals surface area contributed by atoms with E-state index in [9.17, 15) is 4.79 Å². The first-order valence-electron chi connectivity index (χ1n) is 10.5. The molecule has 0 aromatic heterocycles. The van der Waals surface area contributed by atoms with Crippen molar-refractivity contribution < 1.29 is 9.53 Å². The number of halogens is 1. The molecule has 7 nitrogen and oxygen atoms in total. The van der Waals surface area contributed by atoms with Crippen LogP contribution in [0, 0.1) is 0 Å². The minimum absolute atomic E-state index is 0.0871. The summed E-state index contributed by atoms with van der Waals surface area (Å²) in [5, 5.41) is 7.04. The van der Waals surface area contributed by atoms with Gasteiger partial charge in [0.05, 0.1) is 18.1 Å². The van der Waals surface area contributed by atoms with Crippen LogP contribution < -0.4 is 15.4 Å². The number of carbonyl (C=O) groups is 1. The highest BCUT2D eigenvalue weighted by Crippen LogP contribution is 2.24. The monoisotopic (exact) mass is 421 g/mol. The molecule has 1 aliphatic carbocycles. The summed E-state index contributed by atoms with van der Waals surface area (Å²) in [6, 6.07) is 7.90. The van der Waals surface area contributed by atoms with Crippen molar-refractivity contribution in [3.8, 4) is 5.75 Å². The molecule has 1 atom stereocenters. The van der Waals surface area contributed by atoms with E-state index in [1.165, 1.54) is 0 Å². The molecule has 1 heterocycles. The second-order valence-corrected chi connectivity index (χ2v) is 8.07. The summed E-state index contributed by atoms with van der Waals surface area (Å²) >= 11 is 6.17. The highest BCUT2D eigenvalue weighted by atomic mass is 35.5. The molecule has 1 saturated heterocycles. The SMILES string of the molecule is CCNC(=NCC(C)Oc1ccccc1Cl)N1CCN(CC(=O)NC2CC2)CC1. The second-order valence-electron chi connectivity index (χ2n) is 7.66. The average Bonchev–Trinajstić information content (AvgIpc) is 3.51. The van der Waals surface area contributed by atoms with Crippen molar-refractivity contribution in [1.29, 1.82) is 0 Å². The summed E-state index contributed by atoms with van der Waals surface area (Å²) in [4.78, 5) is 21.2. The largest absolute Gasteiger partial charge is 0.487 e. The Hall–Kier alpha value is -1.99. The van der Waals surface area contributed by atoms with Gasteiger partial charge in [0.25, 0.3) is 0 Å². The number of nitrogens with one attached hydrogen (secondary N) is 2. The zero-order valence-corrected chi connectivity index (χ0v) is 18.1. The molecule has 1 amide bonds. The average molecular weight is 422 g/mol. The number of hydrogen-bond donors (Lipinski definition) is 2. The first-order chi connectivity index (χ1) is 14.0. The molecule has 1 aromatic carbocycles. The minimum Gasteiger partial charge on any atom is -0.487 e. The van der Waals surface area contributed by atoms with E-state index < -0.39 is 0 Å². The molecule has 8 heteroatoms. The van der Waals surface area contributed by atoms with Crippen LogP contribution >= 0.6 is 11.6 Å². The number of carbonyl (C=O) groups excluding carboxylic acids is 1. The Morgan fingerprint density at radius 3 is 2.66 bits per heavy atom. The number of piperazine rings is 1. The number of amides is 1. The van der Waals surface area contributed by atoms with Crippen LogP contribution in [0.3, 0.4) is 0 Å². The molecule has 0 bridgehead atoms. The van der Waals surface area contributed by atoms with Gasteiger partial charge in [-0.05, 0) is 38.8 Å². The van der Waals surface area contributed by atoms with Crippen LogP contribution in [0.1, 0.15) is 26.7 Å². The van der Waals surface area contributed by atoms with Crippen molar-refractivity contribution in [2.45, 2.75) is 38.8 Å². The van der Waals surface area contributed by atoms with E-state index in [1.807, 2.05) is 31.2 Å². The molecule has 3 rings (SSSR count). The summed E-state index contributed by atoms with van der Waals surface area (Å²) < 4.78 is 5.92. The topological polar surface area (TPSA) is 69.2 Å². The van der Waals surface area contributed by atoms with Gasteiger partial charge in [-0.1, -0.05) is 23.7 Å². The lowest BCUT2D eigenvalue weighted by Crippen LogP contribution is -2.54. The predicted octanol–water partition coefficient (Wildman–Crippen LogP) is 1.97. The molecule has 29 heavy (non-hydrogen) atoms. The molecular weight excluding hydrogens is 390 g/mol. The van der Waals surface area contributed by atoms with Gasteiger partial charge in [-0.3, -0.25) is 9.69 Å². The molecule has 1 saturated carbocycles. The molecule has 0 spiro atoms. The van der Waals surface area contributed by atoms with E-state index in [1.54, 1.807) is 0 Å². The van der Waals surface area contributed by atoms with Gasteiger partial charge in [0, 0.05) is 38.8 Å². The van der Waals surface area contributed by atoms with Gasteiger partial charge < -0.3 is 20.3 Å². The van der Waals surface area contributed by atoms with Crippen molar-refractivity contribution in [1.82, 2.24) is 20.4 Å². The van der Waals surface area contributed by atoms with E-state index in [0.717, 1.165) is 51.5 Å². The zero-order valence-electron chi connectivity index (χ0n) is 17.4. The zero-order chi connectivity index (χ0) is 20.6. The van der Waals surface area contributed by atoms with Gasteiger partial charge >= 0.3 is 0 Å². The van der Waals surface area contributed by atoms with Crippen molar-refractivity contribution >= 4 is 23.5 Å². The fraction of sp³-hybridized carbons (Fsp3) is 0.619. The third kappa shape index (κ3) is 7.08. The second kappa shape index (κ2) is 10.7. The van der Waals surface area contributed by atoms with Gasteiger partial charge in [-0.25, -0.2) is 4.99 Å². The Kier molecular flexibility index (Phi) is 8.00. The maximum atomic E-state index is 12.0. The van der Waals surface area contributed by atoms with Crippen molar-refractivity contribution in [2.75, 3.05) is 45.8 Å². The highest BCUT2D eigenvalue weighted by molar-refractivity contribution is 6.32. The molecule has 1 aromatic rings. The lowest BCUT2D eigenvalue weighted by atomic mass is 10.3. The van der Waals surface area contributed by atoms with Crippen LogP contribution in [-0.2, 0) is 4.79 Å². The fourth-order valence-corrected chi connectivity index (χ4v) is 3.44. The van der Waals surface area contributed by atoms with Crippen molar-refractivity contribution in [3.63, 3.8) is 0 Å². The molecule has 2 N–H and O–H groups in total. The molecule has 2 aliphatic rings. The standard InChI is InChI=1S/C21H32ClN5O2/c1-3-23-21(24-14-16(2)29-19-7-5-4-6-18(19)22)27-12-10-26(11-13-27)15-20(28)25-17-8-9-17/h4-7,16-17H,3,8-15H2,1-2H3,(H,23,24)(H,25,28). The first kappa shape index (κ1) is 21.7. The summed E-state index contributed by atoms with van der Waals surface area (Å²) in [6.07, 6.45) is 2.16. The van der Waals surface area contributed by atoms with Crippen molar-refractivity contribution in [2.24, 2.45) is 4.99 Å². The number of aliphatic imine (C=N–C) groups is 1. The molecule has 1 unspecified atom stereocenters. The smallest absolute Gasteiger partial charge is 0.234 e. The summed E-state index contributed by atoms with van der Waals surface area (Å²) in [6.45, 7) is 9.30. The number of guanidine groups is 1. The lowest BCUT2D eigenvalue weighted by Gasteiger charge is -2.36. The lowest BCUT2D eigenvalue weighted by molar-refractivity contribution is -0.122. The molecule has 0 radical (unpaired) electrons. The van der Waals surface area contributed by atoms with Crippen LogP contribution in [0.25, 0.3) is 0 Å². The van der Waals surface area contributed by atoms with E-state index in [0.29, 0.717) is 29.9 Å². The fourth-order valence-electron chi connectivity index (χ4n) is 3.26. The number of rotatable bonds is 8. The van der Waals surface area contributed by atoms with Crippen LogP contribution in [0.4, 0.5) is 0 Å². The highest BCUT2D eigenvalue weighted by Gasteiger charge is 2.26. The summed E-state index contributed by atoms with van der Waals surface area (Å²) in [5.74, 6) is 1.72. The van der Waals surface area contributed by atoms with Gasteiger partial charge in [-0.2, -0.15) is 0 Å². The Labute approximate surface area is 178 Å². The van der Waals surface area contributed by atoms with Gasteiger partial charge in [0.2, 0.25) is 5.91 Å². The van der Waals surface area contributed by atoms with Gasteiger partial charge in [-0.15, -0.1) is 0 Å². The van der Waals surface area contributed by atoms with Gasteiger partial charge in [0.1, 0.15) is 11.9 Å². The van der Waals surface area contributed by atoms with Gasteiger partial charge in [0.15, 0.2) is 5.96 Å².